The number of carbonyl (C=O) groups is 2. The minimum Gasteiger partial charge on any atom is -0.493 e. The third-order valence-corrected chi connectivity index (χ3v) is 28.6. The number of fused-ring (bicyclic) bond motifs is 2. The Kier molecular flexibility index (Phi) is 21.7. The fraction of sp³-hybridized carbons (Fsp3) is 0.345. The van der Waals surface area contributed by atoms with E-state index in [1.807, 2.05) is 92.8 Å². The number of para-hydroxylation sites is 2. The molecule has 0 atom stereocenters. The maximum absolute atomic E-state index is 13.1. The number of H-pyrrole nitrogens is 2. The molecule has 2 N–H and O–H groups in total. The summed E-state index contributed by atoms with van der Waals surface area (Å²) in [5.74, 6) is 1.20. The van der Waals surface area contributed by atoms with Crippen molar-refractivity contribution in [2.45, 2.75) is 99.5 Å². The third-order valence-electron chi connectivity index (χ3n) is 12.8. The number of hydrogen-bond acceptors (Lipinski definition) is 8. The molecule has 12 nitrogen and oxygen atoms in total. The van der Waals surface area contributed by atoms with E-state index in [4.69, 9.17) is 14.5 Å². The van der Waals surface area contributed by atoms with Crippen LogP contribution in [-0.2, 0) is 13.1 Å². The van der Waals surface area contributed by atoms with E-state index >= 15 is 0 Å². The Morgan fingerprint density at radius 3 is 1.57 bits per heavy atom. The number of amides is 2. The number of unbranched alkanes of at least 4 members (excludes halogenated alkanes) is 3. The molecule has 0 aliphatic rings. The normalized spacial score (nSPS) is 11.1. The van der Waals surface area contributed by atoms with Crippen molar-refractivity contribution >= 4 is 71.6 Å². The van der Waals surface area contributed by atoms with E-state index in [1.165, 1.54) is 51.8 Å². The molecule has 0 saturated heterocycles. The van der Waals surface area contributed by atoms with Crippen molar-refractivity contribution in [3.8, 4) is 22.8 Å². The summed E-state index contributed by atoms with van der Waals surface area (Å²) < 4.78 is 18.3. The second kappa shape index (κ2) is 28.3. The molecule has 0 saturated carbocycles. The zero-order valence-corrected chi connectivity index (χ0v) is 47.5. The monoisotopic (exact) mass is 1140 g/mol. The number of aromatic nitrogens is 6. The average molecular weight is 1140 g/mol. The van der Waals surface area contributed by atoms with Crippen molar-refractivity contribution in [1.82, 2.24) is 40.2 Å². The zero-order valence-electron chi connectivity index (χ0n) is 43.1. The van der Waals surface area contributed by atoms with Crippen LogP contribution in [0.3, 0.4) is 0 Å². The fourth-order valence-corrected chi connectivity index (χ4v) is 24.8. The van der Waals surface area contributed by atoms with Crippen molar-refractivity contribution < 1.29 is 19.1 Å². The van der Waals surface area contributed by atoms with E-state index in [0.29, 0.717) is 48.9 Å². The van der Waals surface area contributed by atoms with Gasteiger partial charge < -0.3 is 19.3 Å². The second-order valence-corrected chi connectivity index (χ2v) is 32.0. The molecule has 0 bridgehead atoms. The van der Waals surface area contributed by atoms with Gasteiger partial charge in [0.05, 0.1) is 46.8 Å². The van der Waals surface area contributed by atoms with Crippen LogP contribution in [-0.4, -0.2) is 97.7 Å². The summed E-state index contributed by atoms with van der Waals surface area (Å²) in [6.45, 7) is 12.9. The maximum Gasteiger partial charge on any atom is 0.254 e. The number of aromatic amines is 2. The number of nitrogens with one attached hydrogen (secondary N) is 2. The summed E-state index contributed by atoms with van der Waals surface area (Å²) in [4.78, 5) is 38.4. The van der Waals surface area contributed by atoms with Crippen molar-refractivity contribution in [3.05, 3.63) is 161 Å². The summed E-state index contributed by atoms with van der Waals surface area (Å²) >= 11 is 1.23. The molecular formula is C58H71BrN8O4Sn. The number of pyridine rings is 2. The van der Waals surface area contributed by atoms with Gasteiger partial charge in [-0.05, 0) is 89.4 Å². The summed E-state index contributed by atoms with van der Waals surface area (Å²) in [7, 11) is 3.59. The van der Waals surface area contributed by atoms with Crippen LogP contribution in [0, 0.1) is 0 Å². The molecule has 8 aromatic rings. The van der Waals surface area contributed by atoms with Gasteiger partial charge >= 0.3 is 124 Å². The van der Waals surface area contributed by atoms with Crippen molar-refractivity contribution in [3.63, 3.8) is 0 Å². The largest absolute Gasteiger partial charge is 0.493 e. The standard InChI is InChI=1S/C23H22N4O2.C18H18BrN3O2.C5H4N.3C4H9.Sn/c1-3-29-21-13-16(10-11-19(21)20-9-4-5-12-24-20)23(28)27(2)15-18-8-6-7-17-14-25-26-22(17)18;1-3-24-16-9-12(7-8-15(16)19)18(23)22(2)11-14-6-4-5-13-10-20-21-17(13)14;1-2-4-6-5-3-1;3*1-3-4-2;/h4-14H,3,15H2,1-2H3,(H,25,26);4-10H,3,11H2,1-2H3,(H,20,21);1-4H;3*1,3-4H2,2H3;. The van der Waals surface area contributed by atoms with Gasteiger partial charge in [-0.3, -0.25) is 24.8 Å². The minimum atomic E-state index is -2.21. The van der Waals surface area contributed by atoms with Gasteiger partial charge in [0.25, 0.3) is 11.8 Å². The summed E-state index contributed by atoms with van der Waals surface area (Å²) in [6.07, 6.45) is 15.6. The Morgan fingerprint density at radius 2 is 1.08 bits per heavy atom. The van der Waals surface area contributed by atoms with E-state index in [1.54, 1.807) is 64.4 Å². The molecule has 0 aliphatic heterocycles. The van der Waals surface area contributed by atoms with Crippen molar-refractivity contribution in [2.24, 2.45) is 0 Å². The predicted molar refractivity (Wildman–Crippen MR) is 299 cm³/mol. The molecule has 14 heteroatoms. The Hall–Kier alpha value is -6.06. The molecule has 4 aromatic heterocycles. The summed E-state index contributed by atoms with van der Waals surface area (Å²) in [5, 5.41) is 16.2. The van der Waals surface area contributed by atoms with Gasteiger partial charge in [-0.25, -0.2) is 0 Å². The molecule has 0 unspecified atom stereocenters. The molecule has 4 heterocycles. The first-order valence-corrected chi connectivity index (χ1v) is 33.7. The molecule has 8 rings (SSSR count). The van der Waals surface area contributed by atoms with Gasteiger partial charge in [-0.2, -0.15) is 10.2 Å². The fourth-order valence-electron chi connectivity index (χ4n) is 8.97. The number of rotatable bonds is 21. The average Bonchev–Trinajstić information content (AvgIpc) is 4.12. The first-order chi connectivity index (χ1) is 35.1. The van der Waals surface area contributed by atoms with E-state index in [9.17, 15) is 9.59 Å². The van der Waals surface area contributed by atoms with Gasteiger partial charge in [-0.15, -0.1) is 0 Å². The molecule has 4 aromatic carbocycles. The van der Waals surface area contributed by atoms with Crippen LogP contribution in [0.25, 0.3) is 33.1 Å². The van der Waals surface area contributed by atoms with Gasteiger partial charge in [0.2, 0.25) is 0 Å². The van der Waals surface area contributed by atoms with E-state index < -0.39 is 18.4 Å². The van der Waals surface area contributed by atoms with Crippen LogP contribution in [0.15, 0.2) is 138 Å². The Labute approximate surface area is 438 Å². The zero-order chi connectivity index (χ0) is 51.3. The maximum atomic E-state index is 13.1. The number of hydrogen-bond donors (Lipinski definition) is 2. The third kappa shape index (κ3) is 14.8. The van der Waals surface area contributed by atoms with Crippen LogP contribution in [0.2, 0.25) is 13.3 Å². The van der Waals surface area contributed by atoms with Gasteiger partial charge in [0, 0.05) is 60.8 Å². The van der Waals surface area contributed by atoms with Gasteiger partial charge in [0.15, 0.2) is 0 Å². The van der Waals surface area contributed by atoms with E-state index in [-0.39, 0.29) is 11.8 Å². The molecule has 2 amide bonds. The Morgan fingerprint density at radius 1 is 0.583 bits per heavy atom. The SMILES string of the molecule is CCC[CH2][Sn]([CH2]CCC)([CH2]CCC)[c]1ccccn1.CCOc1cc(C(=O)N(C)Cc2cccc3cn[nH]c23)ccc1-c1ccccn1.CCOc1cc(C(=O)N(C)Cc2cccc3cn[nH]c23)ccc1Br. The second-order valence-electron chi connectivity index (χ2n) is 18.1. The molecule has 0 radical (unpaired) electrons. The van der Waals surface area contributed by atoms with Crippen LogP contribution in [0.4, 0.5) is 0 Å². The summed E-state index contributed by atoms with van der Waals surface area (Å²) in [6, 6.07) is 35.2. The van der Waals surface area contributed by atoms with Crippen molar-refractivity contribution in [2.75, 3.05) is 27.3 Å². The Balaban J connectivity index is 0.000000181. The molecule has 0 fully saturated rings. The van der Waals surface area contributed by atoms with Crippen LogP contribution < -0.4 is 13.2 Å². The number of halogens is 1. The molecule has 378 valence electrons. The summed E-state index contributed by atoms with van der Waals surface area (Å²) in [5.41, 5.74) is 6.82. The number of benzene rings is 4. The van der Waals surface area contributed by atoms with Crippen LogP contribution in [0.5, 0.6) is 11.5 Å². The Bertz CT molecular complexity index is 2910. The van der Waals surface area contributed by atoms with E-state index in [0.717, 1.165) is 48.7 Å². The molecule has 0 spiro atoms. The van der Waals surface area contributed by atoms with Gasteiger partial charge in [0.1, 0.15) is 11.5 Å². The van der Waals surface area contributed by atoms with Gasteiger partial charge in [-0.1, -0.05) is 42.5 Å². The molecule has 72 heavy (non-hydrogen) atoms. The topological polar surface area (TPSA) is 142 Å². The predicted octanol–water partition coefficient (Wildman–Crippen LogP) is 13.4. The minimum absolute atomic E-state index is 0.0556. The number of ether oxygens (including phenoxy) is 2. The first-order valence-electron chi connectivity index (χ1n) is 25.4. The van der Waals surface area contributed by atoms with Crippen LogP contribution in [0.1, 0.15) is 105 Å². The number of carbonyl (C=O) groups excluding carboxylic acids is 2. The van der Waals surface area contributed by atoms with E-state index in [2.05, 4.69) is 80.3 Å². The quantitative estimate of drug-likeness (QED) is 0.0678. The smallest absolute Gasteiger partial charge is 0.254 e. The first kappa shape index (κ1) is 55.3. The number of nitrogens with zero attached hydrogens (tertiary/aromatic N) is 6. The van der Waals surface area contributed by atoms with Crippen molar-refractivity contribution in [1.29, 1.82) is 0 Å². The molecular weight excluding hydrogens is 1070 g/mol. The molecule has 0 aliphatic carbocycles. The van der Waals surface area contributed by atoms with Crippen LogP contribution >= 0.6 is 15.9 Å².